The van der Waals surface area contributed by atoms with Gasteiger partial charge in [-0.3, -0.25) is 23.7 Å². The molecule has 1 fully saturated rings. The summed E-state index contributed by atoms with van der Waals surface area (Å²) in [6.45, 7) is -0.335. The molecule has 41 heavy (non-hydrogen) atoms. The Labute approximate surface area is 242 Å². The summed E-state index contributed by atoms with van der Waals surface area (Å²) in [5.74, 6) is -2.48. The van der Waals surface area contributed by atoms with E-state index < -0.39 is 33.0 Å². The van der Waals surface area contributed by atoms with E-state index in [2.05, 4.69) is 5.32 Å². The summed E-state index contributed by atoms with van der Waals surface area (Å²) in [5.41, 5.74) is 1.61. The molecule has 0 radical (unpaired) electrons. The third kappa shape index (κ3) is 4.90. The SMILES string of the molecule is NS(=O)(=O)c1ccc(NC(=O)Cn2c3c(sc2=O)C(c2ccccc2)C2C(=O)N(c4ccccc4)C(=O)C2S3)cc1. The van der Waals surface area contributed by atoms with Crippen LogP contribution in [0.25, 0.3) is 0 Å². The van der Waals surface area contributed by atoms with Crippen LogP contribution in [0.4, 0.5) is 11.4 Å². The average Bonchev–Trinajstić information content (AvgIpc) is 3.39. The van der Waals surface area contributed by atoms with Crippen LogP contribution in [-0.2, 0) is 31.0 Å². The van der Waals surface area contributed by atoms with Gasteiger partial charge in [0.1, 0.15) is 11.8 Å². The molecule has 3 heterocycles. The Morgan fingerprint density at radius 1 is 0.878 bits per heavy atom. The fourth-order valence-electron chi connectivity index (χ4n) is 5.18. The lowest BCUT2D eigenvalue weighted by atomic mass is 9.83. The number of primary sulfonamides is 1. The summed E-state index contributed by atoms with van der Waals surface area (Å²) >= 11 is 2.10. The van der Waals surface area contributed by atoms with Gasteiger partial charge in [-0.05, 0) is 42.0 Å². The van der Waals surface area contributed by atoms with Crippen molar-refractivity contribution < 1.29 is 22.8 Å². The van der Waals surface area contributed by atoms with E-state index in [0.29, 0.717) is 21.3 Å². The minimum Gasteiger partial charge on any atom is -0.325 e. The molecule has 1 aromatic heterocycles. The number of carbonyl (C=O) groups is 3. The monoisotopic (exact) mass is 606 g/mol. The number of amides is 3. The van der Waals surface area contributed by atoms with E-state index in [1.807, 2.05) is 30.3 Å². The van der Waals surface area contributed by atoms with Gasteiger partial charge in [0.15, 0.2) is 0 Å². The number of hydrogen-bond acceptors (Lipinski definition) is 8. The predicted molar refractivity (Wildman–Crippen MR) is 155 cm³/mol. The highest BCUT2D eigenvalue weighted by atomic mass is 32.2. The molecule has 3 unspecified atom stereocenters. The van der Waals surface area contributed by atoms with Crippen molar-refractivity contribution in [3.8, 4) is 0 Å². The number of imide groups is 1. The van der Waals surface area contributed by atoms with Gasteiger partial charge in [-0.1, -0.05) is 71.6 Å². The fraction of sp³-hybridized carbons (Fsp3) is 0.143. The van der Waals surface area contributed by atoms with Gasteiger partial charge in [0.05, 0.1) is 21.5 Å². The number of sulfonamides is 1. The van der Waals surface area contributed by atoms with Crippen molar-refractivity contribution in [1.29, 1.82) is 0 Å². The van der Waals surface area contributed by atoms with Crippen LogP contribution >= 0.6 is 23.1 Å². The molecule has 3 amide bonds. The van der Waals surface area contributed by atoms with E-state index in [4.69, 9.17) is 5.14 Å². The van der Waals surface area contributed by atoms with Crippen LogP contribution in [0.3, 0.4) is 0 Å². The Bertz CT molecular complexity index is 1840. The van der Waals surface area contributed by atoms with Gasteiger partial charge in [-0.15, -0.1) is 0 Å². The van der Waals surface area contributed by atoms with E-state index in [-0.39, 0.29) is 28.1 Å². The Morgan fingerprint density at radius 2 is 1.51 bits per heavy atom. The first-order valence-corrected chi connectivity index (χ1v) is 15.7. The zero-order valence-electron chi connectivity index (χ0n) is 21.2. The first-order valence-electron chi connectivity index (χ1n) is 12.4. The summed E-state index contributed by atoms with van der Waals surface area (Å²) in [7, 11) is -3.89. The van der Waals surface area contributed by atoms with Crippen molar-refractivity contribution in [2.75, 3.05) is 10.2 Å². The molecule has 13 heteroatoms. The topological polar surface area (TPSA) is 149 Å². The lowest BCUT2D eigenvalue weighted by molar-refractivity contribution is -0.122. The molecule has 3 aromatic carbocycles. The third-order valence-electron chi connectivity index (χ3n) is 6.99. The second-order valence-corrected chi connectivity index (χ2v) is 13.2. The van der Waals surface area contributed by atoms with Gasteiger partial charge in [-0.2, -0.15) is 0 Å². The highest BCUT2D eigenvalue weighted by molar-refractivity contribution is 8.00. The standard InChI is InChI=1S/C28H22N4O6S3/c29-41(37,38)19-13-11-17(12-14-19)30-20(33)15-31-27-24(40-28(31)36)21(16-7-3-1-4-8-16)22-23(39-27)26(35)32(25(22)34)18-9-5-2-6-10-18/h1-14,21-23H,15H2,(H,30,33)(H2,29,37,38). The van der Waals surface area contributed by atoms with E-state index in [0.717, 1.165) is 28.7 Å². The zero-order valence-corrected chi connectivity index (χ0v) is 23.6. The molecule has 2 aliphatic rings. The molecule has 0 saturated carbocycles. The maximum Gasteiger partial charge on any atom is 0.308 e. The van der Waals surface area contributed by atoms with E-state index >= 15 is 0 Å². The Kier molecular flexibility index (Phi) is 6.90. The highest BCUT2D eigenvalue weighted by Crippen LogP contribution is 2.53. The fourth-order valence-corrected chi connectivity index (χ4v) is 8.47. The van der Waals surface area contributed by atoms with E-state index in [1.165, 1.54) is 33.7 Å². The van der Waals surface area contributed by atoms with Crippen LogP contribution in [0.15, 0.2) is 99.6 Å². The van der Waals surface area contributed by atoms with Crippen molar-refractivity contribution in [2.45, 2.75) is 27.6 Å². The molecule has 0 aliphatic carbocycles. The van der Waals surface area contributed by atoms with Crippen molar-refractivity contribution >= 4 is 62.2 Å². The number of rotatable bonds is 6. The average molecular weight is 607 g/mol. The van der Waals surface area contributed by atoms with Gasteiger partial charge in [-0.25, -0.2) is 18.5 Å². The number of aromatic nitrogens is 1. The van der Waals surface area contributed by atoms with Crippen LogP contribution in [0.1, 0.15) is 16.4 Å². The number of benzene rings is 3. The second-order valence-electron chi connectivity index (χ2n) is 9.54. The molecular weight excluding hydrogens is 585 g/mol. The number of nitrogens with zero attached hydrogens (tertiary/aromatic N) is 2. The van der Waals surface area contributed by atoms with Crippen molar-refractivity contribution in [2.24, 2.45) is 11.1 Å². The van der Waals surface area contributed by atoms with E-state index in [9.17, 15) is 27.6 Å². The molecule has 0 bridgehead atoms. The lowest BCUT2D eigenvalue weighted by Crippen LogP contribution is -2.33. The molecule has 2 aliphatic heterocycles. The number of nitrogens with one attached hydrogen (secondary N) is 1. The Balaban J connectivity index is 1.35. The maximum absolute atomic E-state index is 13.8. The predicted octanol–water partition coefficient (Wildman–Crippen LogP) is 2.99. The Morgan fingerprint density at radius 3 is 2.15 bits per heavy atom. The molecule has 0 spiro atoms. The first kappa shape index (κ1) is 27.1. The maximum atomic E-state index is 13.8. The van der Waals surface area contributed by atoms with Crippen LogP contribution in [-0.4, -0.2) is 36.0 Å². The summed E-state index contributed by atoms with van der Waals surface area (Å²) in [6.07, 6.45) is 0. The minimum atomic E-state index is -3.89. The first-order chi connectivity index (χ1) is 19.6. The molecule has 4 aromatic rings. The largest absolute Gasteiger partial charge is 0.325 e. The van der Waals surface area contributed by atoms with Gasteiger partial charge in [0, 0.05) is 16.5 Å². The number of nitrogens with two attached hydrogens (primary N) is 1. The van der Waals surface area contributed by atoms with Crippen LogP contribution < -0.4 is 20.2 Å². The molecule has 3 N–H and O–H groups in total. The van der Waals surface area contributed by atoms with Gasteiger partial charge >= 0.3 is 4.87 Å². The molecule has 3 atom stereocenters. The zero-order chi connectivity index (χ0) is 28.9. The molecule has 1 saturated heterocycles. The second kappa shape index (κ2) is 10.4. The number of fused-ring (bicyclic) bond motifs is 2. The number of hydrogen-bond donors (Lipinski definition) is 2. The summed E-state index contributed by atoms with van der Waals surface area (Å²) < 4.78 is 24.3. The van der Waals surface area contributed by atoms with Crippen LogP contribution in [0.5, 0.6) is 0 Å². The number of anilines is 2. The van der Waals surface area contributed by atoms with Gasteiger partial charge < -0.3 is 5.32 Å². The molecule has 6 rings (SSSR count). The van der Waals surface area contributed by atoms with Crippen molar-refractivity contribution in [1.82, 2.24) is 4.57 Å². The number of thioether (sulfide) groups is 1. The van der Waals surface area contributed by atoms with Crippen molar-refractivity contribution in [3.05, 3.63) is 105 Å². The summed E-state index contributed by atoms with van der Waals surface area (Å²) in [4.78, 5) is 55.1. The summed E-state index contributed by atoms with van der Waals surface area (Å²) in [6, 6.07) is 23.4. The third-order valence-corrected chi connectivity index (χ3v) is 10.5. The Hall–Kier alpha value is -4.04. The van der Waals surface area contributed by atoms with E-state index in [1.54, 1.807) is 30.3 Å². The summed E-state index contributed by atoms with van der Waals surface area (Å²) in [5, 5.41) is 7.48. The normalized spacial score (nSPS) is 20.0. The molecule has 208 valence electrons. The molecule has 10 nitrogen and oxygen atoms in total. The lowest BCUT2D eigenvalue weighted by Gasteiger charge is -2.30. The van der Waals surface area contributed by atoms with Crippen LogP contribution in [0, 0.1) is 5.92 Å². The number of para-hydroxylation sites is 1. The van der Waals surface area contributed by atoms with Gasteiger partial charge in [0.25, 0.3) is 0 Å². The van der Waals surface area contributed by atoms with Crippen LogP contribution in [0.2, 0.25) is 0 Å². The number of thiazole rings is 1. The smallest absolute Gasteiger partial charge is 0.308 e. The highest BCUT2D eigenvalue weighted by Gasteiger charge is 2.56. The van der Waals surface area contributed by atoms with Gasteiger partial charge in [0.2, 0.25) is 27.7 Å². The molecular formula is C28H22N4O6S3. The van der Waals surface area contributed by atoms with Crippen molar-refractivity contribution in [3.63, 3.8) is 0 Å². The number of carbonyl (C=O) groups excluding carboxylic acids is 3. The quantitative estimate of drug-likeness (QED) is 0.321. The minimum absolute atomic E-state index is 0.100.